The zero-order valence-electron chi connectivity index (χ0n) is 7.94. The second kappa shape index (κ2) is 3.79. The van der Waals surface area contributed by atoms with Gasteiger partial charge in [-0.2, -0.15) is 0 Å². The number of rotatable bonds is 2. The van der Waals surface area contributed by atoms with Crippen molar-refractivity contribution in [1.29, 1.82) is 0 Å². The summed E-state index contributed by atoms with van der Waals surface area (Å²) in [4.78, 5) is 2.30. The third kappa shape index (κ3) is 2.22. The van der Waals surface area contributed by atoms with Gasteiger partial charge in [-0.15, -0.1) is 0 Å². The van der Waals surface area contributed by atoms with Crippen molar-refractivity contribution in [3.8, 4) is 5.75 Å². The molecule has 1 saturated heterocycles. The molecule has 0 aliphatic carbocycles. The maximum absolute atomic E-state index is 5.80. The first kappa shape index (κ1) is 8.57. The lowest BCUT2D eigenvalue weighted by Crippen LogP contribution is -2.21. The SMILES string of the molecule is CN1CC[C@@H](Oc2ccccc2)C1. The van der Waals surface area contributed by atoms with E-state index in [2.05, 4.69) is 11.9 Å². The first-order valence-corrected chi connectivity index (χ1v) is 4.75. The zero-order chi connectivity index (χ0) is 9.10. The molecule has 1 aromatic rings. The average molecular weight is 177 g/mol. The predicted octanol–water partition coefficient (Wildman–Crippen LogP) is 1.77. The largest absolute Gasteiger partial charge is 0.489 e. The second-order valence-corrected chi connectivity index (χ2v) is 3.60. The summed E-state index contributed by atoms with van der Waals surface area (Å²) in [5.41, 5.74) is 0. The van der Waals surface area contributed by atoms with Gasteiger partial charge in [-0.25, -0.2) is 0 Å². The molecule has 0 spiro atoms. The van der Waals surface area contributed by atoms with Crippen molar-refractivity contribution in [2.75, 3.05) is 20.1 Å². The summed E-state index contributed by atoms with van der Waals surface area (Å²) < 4.78 is 5.80. The topological polar surface area (TPSA) is 12.5 Å². The summed E-state index contributed by atoms with van der Waals surface area (Å²) >= 11 is 0. The van der Waals surface area contributed by atoms with Gasteiger partial charge in [0.25, 0.3) is 0 Å². The minimum absolute atomic E-state index is 0.382. The van der Waals surface area contributed by atoms with Gasteiger partial charge in [-0.1, -0.05) is 18.2 Å². The fraction of sp³-hybridized carbons (Fsp3) is 0.455. The van der Waals surface area contributed by atoms with E-state index in [4.69, 9.17) is 4.74 Å². The van der Waals surface area contributed by atoms with Gasteiger partial charge in [0.2, 0.25) is 0 Å². The Bertz CT molecular complexity index is 260. The first-order valence-electron chi connectivity index (χ1n) is 4.75. The van der Waals surface area contributed by atoms with Crippen LogP contribution in [0.5, 0.6) is 5.75 Å². The Balaban J connectivity index is 1.92. The van der Waals surface area contributed by atoms with Crippen LogP contribution in [0.25, 0.3) is 0 Å². The molecule has 1 aliphatic heterocycles. The number of likely N-dealkylation sites (N-methyl/N-ethyl adjacent to an activating group) is 1. The van der Waals surface area contributed by atoms with Crippen LogP contribution in [-0.2, 0) is 0 Å². The highest BCUT2D eigenvalue weighted by atomic mass is 16.5. The number of para-hydroxylation sites is 1. The maximum Gasteiger partial charge on any atom is 0.119 e. The number of ether oxygens (including phenoxy) is 1. The van der Waals surface area contributed by atoms with Crippen molar-refractivity contribution in [3.05, 3.63) is 30.3 Å². The summed E-state index contributed by atoms with van der Waals surface area (Å²) in [6, 6.07) is 10.0. The number of likely N-dealkylation sites (tertiary alicyclic amines) is 1. The predicted molar refractivity (Wildman–Crippen MR) is 53.0 cm³/mol. The Morgan fingerprint density at radius 2 is 2.08 bits per heavy atom. The Morgan fingerprint density at radius 3 is 2.69 bits per heavy atom. The van der Waals surface area contributed by atoms with E-state index >= 15 is 0 Å². The third-order valence-electron chi connectivity index (χ3n) is 2.39. The standard InChI is InChI=1S/C11H15NO/c1-12-8-7-11(9-12)13-10-5-3-2-4-6-10/h2-6,11H,7-9H2,1H3/t11-/m1/s1. The molecular weight excluding hydrogens is 162 g/mol. The molecule has 0 radical (unpaired) electrons. The zero-order valence-corrected chi connectivity index (χ0v) is 7.94. The molecule has 1 aliphatic rings. The Labute approximate surface area is 79.1 Å². The Morgan fingerprint density at radius 1 is 1.31 bits per heavy atom. The third-order valence-corrected chi connectivity index (χ3v) is 2.39. The van der Waals surface area contributed by atoms with Crippen LogP contribution in [0.2, 0.25) is 0 Å². The van der Waals surface area contributed by atoms with Gasteiger partial charge in [-0.3, -0.25) is 0 Å². The molecule has 2 rings (SSSR count). The quantitative estimate of drug-likeness (QED) is 0.682. The van der Waals surface area contributed by atoms with Crippen molar-refractivity contribution < 1.29 is 4.74 Å². The molecule has 0 amide bonds. The summed E-state index contributed by atoms with van der Waals surface area (Å²) in [5, 5.41) is 0. The van der Waals surface area contributed by atoms with Gasteiger partial charge in [-0.05, 0) is 25.6 Å². The average Bonchev–Trinajstić information content (AvgIpc) is 2.53. The monoisotopic (exact) mass is 177 g/mol. The van der Waals surface area contributed by atoms with E-state index in [1.54, 1.807) is 0 Å². The van der Waals surface area contributed by atoms with Crippen molar-refractivity contribution in [1.82, 2.24) is 4.90 Å². The van der Waals surface area contributed by atoms with Gasteiger partial charge >= 0.3 is 0 Å². The lowest BCUT2D eigenvalue weighted by molar-refractivity contribution is 0.208. The van der Waals surface area contributed by atoms with Gasteiger partial charge < -0.3 is 9.64 Å². The van der Waals surface area contributed by atoms with Crippen molar-refractivity contribution in [2.45, 2.75) is 12.5 Å². The van der Waals surface area contributed by atoms with E-state index in [1.807, 2.05) is 30.3 Å². The van der Waals surface area contributed by atoms with Gasteiger partial charge in [0.1, 0.15) is 11.9 Å². The Kier molecular flexibility index (Phi) is 2.50. The van der Waals surface area contributed by atoms with Crippen LogP contribution < -0.4 is 4.74 Å². The normalized spacial score (nSPS) is 23.3. The van der Waals surface area contributed by atoms with E-state index in [0.29, 0.717) is 6.10 Å². The first-order chi connectivity index (χ1) is 6.34. The van der Waals surface area contributed by atoms with E-state index in [0.717, 1.165) is 25.3 Å². The number of nitrogens with zero attached hydrogens (tertiary/aromatic N) is 1. The van der Waals surface area contributed by atoms with E-state index in [9.17, 15) is 0 Å². The van der Waals surface area contributed by atoms with Gasteiger partial charge in [0.15, 0.2) is 0 Å². The summed E-state index contributed by atoms with van der Waals surface area (Å²) in [7, 11) is 2.13. The van der Waals surface area contributed by atoms with Crippen LogP contribution in [0.3, 0.4) is 0 Å². The highest BCUT2D eigenvalue weighted by molar-refractivity contribution is 5.21. The molecule has 13 heavy (non-hydrogen) atoms. The molecule has 0 bridgehead atoms. The molecule has 1 atom stereocenters. The molecular formula is C11H15NO. The van der Waals surface area contributed by atoms with Crippen LogP contribution in [-0.4, -0.2) is 31.1 Å². The molecule has 2 nitrogen and oxygen atoms in total. The fourth-order valence-corrected chi connectivity index (χ4v) is 1.68. The van der Waals surface area contributed by atoms with E-state index in [1.165, 1.54) is 0 Å². The highest BCUT2D eigenvalue weighted by Crippen LogP contribution is 2.16. The number of hydrogen-bond acceptors (Lipinski definition) is 2. The molecule has 0 N–H and O–H groups in total. The molecule has 0 saturated carbocycles. The maximum atomic E-state index is 5.80. The molecule has 70 valence electrons. The van der Waals surface area contributed by atoms with Crippen LogP contribution in [0.15, 0.2) is 30.3 Å². The van der Waals surface area contributed by atoms with Crippen molar-refractivity contribution in [3.63, 3.8) is 0 Å². The number of hydrogen-bond donors (Lipinski definition) is 0. The summed E-state index contributed by atoms with van der Waals surface area (Å²) in [5.74, 6) is 0.989. The lowest BCUT2D eigenvalue weighted by atomic mass is 10.3. The van der Waals surface area contributed by atoms with Gasteiger partial charge in [0.05, 0.1) is 0 Å². The highest BCUT2D eigenvalue weighted by Gasteiger charge is 2.20. The smallest absolute Gasteiger partial charge is 0.119 e. The summed E-state index contributed by atoms with van der Waals surface area (Å²) in [6.45, 7) is 2.20. The second-order valence-electron chi connectivity index (χ2n) is 3.60. The molecule has 0 unspecified atom stereocenters. The van der Waals surface area contributed by atoms with Crippen LogP contribution in [0.1, 0.15) is 6.42 Å². The van der Waals surface area contributed by atoms with Crippen LogP contribution in [0, 0.1) is 0 Å². The minimum atomic E-state index is 0.382. The van der Waals surface area contributed by atoms with Gasteiger partial charge in [0, 0.05) is 13.1 Å². The summed E-state index contributed by atoms with van der Waals surface area (Å²) in [6.07, 6.45) is 1.53. The van der Waals surface area contributed by atoms with Crippen molar-refractivity contribution in [2.24, 2.45) is 0 Å². The van der Waals surface area contributed by atoms with Crippen molar-refractivity contribution >= 4 is 0 Å². The van der Waals surface area contributed by atoms with Crippen LogP contribution >= 0.6 is 0 Å². The molecule has 2 heteroatoms. The number of benzene rings is 1. The molecule has 1 fully saturated rings. The minimum Gasteiger partial charge on any atom is -0.489 e. The molecule has 0 aromatic heterocycles. The fourth-order valence-electron chi connectivity index (χ4n) is 1.68. The molecule has 1 heterocycles. The van der Waals surface area contributed by atoms with E-state index < -0.39 is 0 Å². The molecule has 1 aromatic carbocycles. The Hall–Kier alpha value is -1.02. The van der Waals surface area contributed by atoms with E-state index in [-0.39, 0.29) is 0 Å². The lowest BCUT2D eigenvalue weighted by Gasteiger charge is -2.13. The van der Waals surface area contributed by atoms with Crippen LogP contribution in [0.4, 0.5) is 0 Å².